The van der Waals surface area contributed by atoms with Gasteiger partial charge in [-0.25, -0.2) is 0 Å². The van der Waals surface area contributed by atoms with Gasteiger partial charge in [0.15, 0.2) is 5.82 Å². The predicted molar refractivity (Wildman–Crippen MR) is 91.9 cm³/mol. The number of hydrogen-bond acceptors (Lipinski definition) is 4. The van der Waals surface area contributed by atoms with Gasteiger partial charge < -0.3 is 9.84 Å². The molecule has 1 aliphatic carbocycles. The molecule has 0 spiro atoms. The molecule has 1 amide bonds. The molecule has 1 heterocycles. The summed E-state index contributed by atoms with van der Waals surface area (Å²) in [5.41, 5.74) is 0.288. The maximum Gasteiger partial charge on any atom is 0.248 e. The zero-order valence-electron chi connectivity index (χ0n) is 14.4. The minimum atomic E-state index is -0.480. The molecule has 1 aromatic carbocycles. The zero-order valence-corrected chi connectivity index (χ0v) is 15.1. The van der Waals surface area contributed by atoms with Crippen molar-refractivity contribution in [2.24, 2.45) is 0 Å². The molecule has 1 saturated carbocycles. The van der Waals surface area contributed by atoms with E-state index in [1.54, 1.807) is 0 Å². The van der Waals surface area contributed by atoms with Crippen molar-refractivity contribution in [1.82, 2.24) is 15.5 Å². The van der Waals surface area contributed by atoms with E-state index in [9.17, 15) is 4.79 Å². The fourth-order valence-corrected chi connectivity index (χ4v) is 2.86. The first-order valence-electron chi connectivity index (χ1n) is 8.13. The second kappa shape index (κ2) is 5.88. The summed E-state index contributed by atoms with van der Waals surface area (Å²) in [6.45, 7) is 7.90. The lowest BCUT2D eigenvalue weighted by Crippen LogP contribution is -2.36. The molecule has 1 aliphatic rings. The molecule has 3 rings (SSSR count). The Morgan fingerprint density at radius 3 is 2.62 bits per heavy atom. The molecule has 128 valence electrons. The number of nitrogens with zero attached hydrogens (tertiary/aromatic N) is 2. The van der Waals surface area contributed by atoms with E-state index < -0.39 is 5.41 Å². The Hall–Kier alpha value is -1.88. The van der Waals surface area contributed by atoms with Gasteiger partial charge in [-0.3, -0.25) is 4.79 Å². The van der Waals surface area contributed by atoms with Crippen molar-refractivity contribution in [2.75, 3.05) is 0 Å². The van der Waals surface area contributed by atoms with Gasteiger partial charge in [0, 0.05) is 10.4 Å². The third-order valence-electron chi connectivity index (χ3n) is 4.39. The highest BCUT2D eigenvalue weighted by Gasteiger charge is 2.51. The lowest BCUT2D eigenvalue weighted by Gasteiger charge is -2.18. The summed E-state index contributed by atoms with van der Waals surface area (Å²) in [4.78, 5) is 17.2. The van der Waals surface area contributed by atoms with Crippen LogP contribution < -0.4 is 5.32 Å². The molecule has 6 heteroatoms. The molecule has 1 N–H and O–H groups in total. The summed E-state index contributed by atoms with van der Waals surface area (Å²) in [5.74, 6) is 1.04. The summed E-state index contributed by atoms with van der Waals surface area (Å²) in [7, 11) is 0. The van der Waals surface area contributed by atoms with Crippen LogP contribution in [0.3, 0.4) is 0 Å². The molecule has 1 aromatic heterocycles. The van der Waals surface area contributed by atoms with Crippen molar-refractivity contribution in [3.8, 4) is 0 Å². The van der Waals surface area contributed by atoms with Gasteiger partial charge in [0.25, 0.3) is 0 Å². The van der Waals surface area contributed by atoms with E-state index in [0.717, 1.165) is 18.4 Å². The van der Waals surface area contributed by atoms with Gasteiger partial charge in [-0.15, -0.1) is 0 Å². The summed E-state index contributed by atoms with van der Waals surface area (Å²) >= 11 is 6.07. The van der Waals surface area contributed by atoms with Crippen LogP contribution in [0, 0.1) is 0 Å². The number of hydrogen-bond donors (Lipinski definition) is 1. The van der Waals surface area contributed by atoms with Crippen LogP contribution in [0.2, 0.25) is 5.02 Å². The topological polar surface area (TPSA) is 68.0 Å². The number of halogens is 1. The molecule has 0 saturated heterocycles. The summed E-state index contributed by atoms with van der Waals surface area (Å²) < 4.78 is 5.31. The molecule has 1 atom stereocenters. The highest BCUT2D eigenvalue weighted by Crippen LogP contribution is 2.49. The van der Waals surface area contributed by atoms with Gasteiger partial charge in [0.2, 0.25) is 11.8 Å². The Morgan fingerprint density at radius 2 is 2.08 bits per heavy atom. The van der Waals surface area contributed by atoms with Gasteiger partial charge in [0.1, 0.15) is 6.04 Å². The Labute approximate surface area is 146 Å². The van der Waals surface area contributed by atoms with E-state index in [1.165, 1.54) is 0 Å². The number of amides is 1. The average Bonchev–Trinajstić information content (AvgIpc) is 3.15. The van der Waals surface area contributed by atoms with E-state index in [-0.39, 0.29) is 17.4 Å². The normalized spacial score (nSPS) is 17.4. The number of benzene rings is 1. The Kier molecular flexibility index (Phi) is 4.16. The summed E-state index contributed by atoms with van der Waals surface area (Å²) in [6, 6.07) is 7.17. The molecule has 0 radical (unpaired) electrons. The van der Waals surface area contributed by atoms with Crippen LogP contribution in [0.15, 0.2) is 28.8 Å². The van der Waals surface area contributed by atoms with Crippen LogP contribution >= 0.6 is 11.6 Å². The van der Waals surface area contributed by atoms with Crippen LogP contribution in [-0.4, -0.2) is 16.0 Å². The second-order valence-electron chi connectivity index (χ2n) is 7.49. The van der Waals surface area contributed by atoms with Gasteiger partial charge in [-0.05, 0) is 37.5 Å². The number of aromatic nitrogens is 2. The molecular weight excluding hydrogens is 326 g/mol. The Balaban J connectivity index is 1.74. The first-order chi connectivity index (χ1) is 11.2. The quantitative estimate of drug-likeness (QED) is 0.909. The number of nitrogens with one attached hydrogen (secondary N) is 1. The maximum atomic E-state index is 12.8. The SMILES string of the molecule is C[C@H](NC(=O)C1(c2cccc(Cl)c2)CC1)c1nc(C(C)(C)C)no1. The van der Waals surface area contributed by atoms with Gasteiger partial charge >= 0.3 is 0 Å². The standard InChI is InChI=1S/C18H22ClN3O2/c1-11(14-21-15(22-24-14)17(2,3)4)20-16(23)18(8-9-18)12-6-5-7-13(19)10-12/h5-7,10-11H,8-9H2,1-4H3,(H,20,23)/t11-/m0/s1. The van der Waals surface area contributed by atoms with Gasteiger partial charge in [-0.1, -0.05) is 49.7 Å². The van der Waals surface area contributed by atoms with Crippen LogP contribution in [0.1, 0.15) is 63.9 Å². The first-order valence-corrected chi connectivity index (χ1v) is 8.51. The summed E-state index contributed by atoms with van der Waals surface area (Å²) in [6.07, 6.45) is 1.64. The number of carbonyl (C=O) groups is 1. The van der Waals surface area contributed by atoms with Gasteiger partial charge in [-0.2, -0.15) is 4.98 Å². The first kappa shape index (κ1) is 17.0. The minimum Gasteiger partial charge on any atom is -0.344 e. The molecule has 0 unspecified atom stereocenters. The van der Waals surface area contributed by atoms with E-state index >= 15 is 0 Å². The highest BCUT2D eigenvalue weighted by atomic mass is 35.5. The Morgan fingerprint density at radius 1 is 1.38 bits per heavy atom. The molecule has 1 fully saturated rings. The van der Waals surface area contributed by atoms with E-state index in [1.807, 2.05) is 52.0 Å². The van der Waals surface area contributed by atoms with Crippen LogP contribution in [0.25, 0.3) is 0 Å². The molecule has 0 aliphatic heterocycles. The largest absolute Gasteiger partial charge is 0.344 e. The maximum absolute atomic E-state index is 12.8. The molecule has 24 heavy (non-hydrogen) atoms. The lowest BCUT2D eigenvalue weighted by molar-refractivity contribution is -0.124. The van der Waals surface area contributed by atoms with Crippen LogP contribution in [0.4, 0.5) is 0 Å². The summed E-state index contributed by atoms with van der Waals surface area (Å²) in [5, 5.41) is 7.66. The fourth-order valence-electron chi connectivity index (χ4n) is 2.67. The van der Waals surface area contributed by atoms with Crippen molar-refractivity contribution >= 4 is 17.5 Å². The Bertz CT molecular complexity index is 760. The monoisotopic (exact) mass is 347 g/mol. The lowest BCUT2D eigenvalue weighted by atomic mass is 9.94. The van der Waals surface area contributed by atoms with Crippen molar-refractivity contribution in [3.05, 3.63) is 46.6 Å². The molecular formula is C18H22ClN3O2. The smallest absolute Gasteiger partial charge is 0.248 e. The molecule has 0 bridgehead atoms. The highest BCUT2D eigenvalue weighted by molar-refractivity contribution is 6.30. The average molecular weight is 348 g/mol. The third-order valence-corrected chi connectivity index (χ3v) is 4.63. The second-order valence-corrected chi connectivity index (χ2v) is 7.93. The van der Waals surface area contributed by atoms with Crippen LogP contribution in [0.5, 0.6) is 0 Å². The van der Waals surface area contributed by atoms with Crippen molar-refractivity contribution in [1.29, 1.82) is 0 Å². The number of carbonyl (C=O) groups excluding carboxylic acids is 1. The number of rotatable bonds is 4. The van der Waals surface area contributed by atoms with E-state index in [2.05, 4.69) is 15.5 Å². The third kappa shape index (κ3) is 3.18. The van der Waals surface area contributed by atoms with Crippen LogP contribution in [-0.2, 0) is 15.6 Å². The van der Waals surface area contributed by atoms with Crippen molar-refractivity contribution < 1.29 is 9.32 Å². The molecule has 5 nitrogen and oxygen atoms in total. The predicted octanol–water partition coefficient (Wildman–Crippen LogP) is 3.93. The van der Waals surface area contributed by atoms with Crippen molar-refractivity contribution in [2.45, 2.75) is 57.4 Å². The minimum absolute atomic E-state index is 0.0206. The van der Waals surface area contributed by atoms with E-state index in [4.69, 9.17) is 16.1 Å². The zero-order chi connectivity index (χ0) is 17.5. The fraction of sp³-hybridized carbons (Fsp3) is 0.500. The van der Waals surface area contributed by atoms with E-state index in [0.29, 0.717) is 16.7 Å². The van der Waals surface area contributed by atoms with Crippen molar-refractivity contribution in [3.63, 3.8) is 0 Å². The van der Waals surface area contributed by atoms with Gasteiger partial charge in [0.05, 0.1) is 5.41 Å². The molecule has 2 aromatic rings.